The van der Waals surface area contributed by atoms with Crippen LogP contribution in [-0.2, 0) is 6.54 Å². The highest BCUT2D eigenvalue weighted by atomic mass is 16.6. The first-order chi connectivity index (χ1) is 10.0. The van der Waals surface area contributed by atoms with Crippen LogP contribution in [0.2, 0.25) is 0 Å². The normalized spacial score (nSPS) is 10.2. The maximum Gasteiger partial charge on any atom is 0.292 e. The van der Waals surface area contributed by atoms with E-state index in [0.29, 0.717) is 6.54 Å². The first-order valence-electron chi connectivity index (χ1n) is 6.40. The van der Waals surface area contributed by atoms with Crippen LogP contribution < -0.4 is 15.4 Å². The van der Waals surface area contributed by atoms with Gasteiger partial charge in [-0.05, 0) is 24.3 Å². The number of nitro benzene ring substituents is 1. The molecule has 0 amide bonds. The molecule has 2 rings (SSSR count). The highest BCUT2D eigenvalue weighted by Gasteiger charge is 2.15. The molecule has 0 aliphatic rings. The van der Waals surface area contributed by atoms with Crippen molar-refractivity contribution in [3.05, 3.63) is 58.1 Å². The lowest BCUT2D eigenvalue weighted by atomic mass is 10.1. The molecule has 2 N–H and O–H groups in total. The molecule has 0 saturated heterocycles. The van der Waals surface area contributed by atoms with Crippen LogP contribution in [-0.4, -0.2) is 19.1 Å². The Morgan fingerprint density at radius 3 is 2.48 bits per heavy atom. The van der Waals surface area contributed by atoms with Crippen LogP contribution in [0.25, 0.3) is 0 Å². The second-order valence-electron chi connectivity index (χ2n) is 4.66. The van der Waals surface area contributed by atoms with Gasteiger partial charge in [-0.15, -0.1) is 0 Å². The summed E-state index contributed by atoms with van der Waals surface area (Å²) in [5.74, 6) is 0.780. The van der Waals surface area contributed by atoms with Crippen molar-refractivity contribution >= 4 is 17.1 Å². The number of nitrogens with zero attached hydrogens (tertiary/aromatic N) is 2. The average Bonchev–Trinajstić information content (AvgIpc) is 2.49. The minimum absolute atomic E-state index is 0.0596. The maximum absolute atomic E-state index is 10.9. The van der Waals surface area contributed by atoms with Crippen molar-refractivity contribution in [2.24, 2.45) is 0 Å². The molecule has 6 nitrogen and oxygen atoms in total. The van der Waals surface area contributed by atoms with Crippen molar-refractivity contribution in [3.63, 3.8) is 0 Å². The van der Waals surface area contributed by atoms with Gasteiger partial charge in [-0.1, -0.05) is 12.1 Å². The molecule has 2 aromatic carbocycles. The van der Waals surface area contributed by atoms with Gasteiger partial charge < -0.3 is 15.4 Å². The van der Waals surface area contributed by atoms with E-state index < -0.39 is 4.92 Å². The minimum Gasteiger partial charge on any atom is -0.497 e. The number of methoxy groups -OCH3 is 1. The summed E-state index contributed by atoms with van der Waals surface area (Å²) in [6.07, 6.45) is 0. The molecule has 0 aliphatic carbocycles. The first kappa shape index (κ1) is 14.6. The fourth-order valence-corrected chi connectivity index (χ4v) is 2.08. The smallest absolute Gasteiger partial charge is 0.292 e. The number of para-hydroxylation sites is 1. The molecule has 0 saturated carbocycles. The molecule has 6 heteroatoms. The number of nitro groups is 1. The predicted molar refractivity (Wildman–Crippen MR) is 82.6 cm³/mol. The predicted octanol–water partition coefficient (Wildman–Crippen LogP) is 2.82. The zero-order valence-electron chi connectivity index (χ0n) is 11.9. The van der Waals surface area contributed by atoms with E-state index in [1.165, 1.54) is 6.07 Å². The third-order valence-corrected chi connectivity index (χ3v) is 3.29. The van der Waals surface area contributed by atoms with Crippen LogP contribution in [0.1, 0.15) is 5.56 Å². The molecular formula is C15H17N3O3. The van der Waals surface area contributed by atoms with E-state index in [4.69, 9.17) is 10.5 Å². The van der Waals surface area contributed by atoms with E-state index in [0.717, 1.165) is 17.0 Å². The number of anilines is 2. The highest BCUT2D eigenvalue weighted by molar-refractivity contribution is 5.64. The average molecular weight is 287 g/mol. The minimum atomic E-state index is -0.466. The molecule has 0 atom stereocenters. The van der Waals surface area contributed by atoms with Crippen molar-refractivity contribution in [1.82, 2.24) is 0 Å². The van der Waals surface area contributed by atoms with Crippen LogP contribution in [0, 0.1) is 10.1 Å². The van der Waals surface area contributed by atoms with Gasteiger partial charge in [0.1, 0.15) is 11.4 Å². The van der Waals surface area contributed by atoms with Gasteiger partial charge in [-0.25, -0.2) is 0 Å². The summed E-state index contributed by atoms with van der Waals surface area (Å²) in [7, 11) is 3.52. The van der Waals surface area contributed by atoms with Crippen LogP contribution in [0.15, 0.2) is 42.5 Å². The molecule has 0 unspecified atom stereocenters. The summed E-state index contributed by atoms with van der Waals surface area (Å²) >= 11 is 0. The van der Waals surface area contributed by atoms with Crippen molar-refractivity contribution in [3.8, 4) is 5.75 Å². The Labute approximate surface area is 122 Å². The van der Waals surface area contributed by atoms with Gasteiger partial charge in [0.25, 0.3) is 5.69 Å². The number of nitrogen functional groups attached to an aromatic ring is 1. The first-order valence-corrected chi connectivity index (χ1v) is 6.40. The Kier molecular flexibility index (Phi) is 4.27. The standard InChI is InChI=1S/C15H17N3O3/c1-17(12-6-8-13(21-2)9-7-12)10-11-4-3-5-14(15(11)16)18(19)20/h3-9H,10,16H2,1-2H3. The Balaban J connectivity index is 2.20. The van der Waals surface area contributed by atoms with Crippen molar-refractivity contribution < 1.29 is 9.66 Å². The topological polar surface area (TPSA) is 81.6 Å². The Bertz CT molecular complexity index is 641. The second-order valence-corrected chi connectivity index (χ2v) is 4.66. The maximum atomic E-state index is 10.9. The zero-order valence-corrected chi connectivity index (χ0v) is 11.9. The van der Waals surface area contributed by atoms with E-state index >= 15 is 0 Å². The quantitative estimate of drug-likeness (QED) is 0.519. The molecule has 21 heavy (non-hydrogen) atoms. The molecular weight excluding hydrogens is 270 g/mol. The number of nitrogens with two attached hydrogens (primary N) is 1. The van der Waals surface area contributed by atoms with Gasteiger partial charge in [0, 0.05) is 30.9 Å². The molecule has 0 aliphatic heterocycles. The van der Waals surface area contributed by atoms with E-state index in [-0.39, 0.29) is 11.4 Å². The number of ether oxygens (including phenoxy) is 1. The van der Waals surface area contributed by atoms with Crippen LogP contribution >= 0.6 is 0 Å². The summed E-state index contributed by atoms with van der Waals surface area (Å²) in [5.41, 5.74) is 7.72. The van der Waals surface area contributed by atoms with Crippen molar-refractivity contribution in [1.29, 1.82) is 0 Å². The van der Waals surface area contributed by atoms with Gasteiger partial charge in [-0.3, -0.25) is 10.1 Å². The number of rotatable bonds is 5. The van der Waals surface area contributed by atoms with Gasteiger partial charge in [0.05, 0.1) is 12.0 Å². The molecule has 0 radical (unpaired) electrons. The lowest BCUT2D eigenvalue weighted by molar-refractivity contribution is -0.383. The molecule has 0 bridgehead atoms. The lowest BCUT2D eigenvalue weighted by Gasteiger charge is -2.20. The monoisotopic (exact) mass is 287 g/mol. The molecule has 0 fully saturated rings. The Morgan fingerprint density at radius 2 is 1.90 bits per heavy atom. The van der Waals surface area contributed by atoms with Gasteiger partial charge >= 0.3 is 0 Å². The zero-order chi connectivity index (χ0) is 15.4. The van der Waals surface area contributed by atoms with E-state index in [1.807, 2.05) is 36.2 Å². The van der Waals surface area contributed by atoms with E-state index in [9.17, 15) is 10.1 Å². The van der Waals surface area contributed by atoms with Crippen LogP contribution in [0.5, 0.6) is 5.75 Å². The fourth-order valence-electron chi connectivity index (χ4n) is 2.08. The third kappa shape index (κ3) is 3.22. The summed E-state index contributed by atoms with van der Waals surface area (Å²) < 4.78 is 5.11. The molecule has 2 aromatic rings. The third-order valence-electron chi connectivity index (χ3n) is 3.29. The van der Waals surface area contributed by atoms with E-state index in [2.05, 4.69) is 0 Å². The number of hydrogen-bond acceptors (Lipinski definition) is 5. The van der Waals surface area contributed by atoms with Gasteiger partial charge in [0.15, 0.2) is 0 Å². The fraction of sp³-hybridized carbons (Fsp3) is 0.200. The molecule has 0 heterocycles. The summed E-state index contributed by atoms with van der Waals surface area (Å²) in [5, 5.41) is 10.9. The molecule has 110 valence electrons. The number of hydrogen-bond donors (Lipinski definition) is 1. The summed E-state index contributed by atoms with van der Waals surface area (Å²) in [6.45, 7) is 0.486. The molecule has 0 aromatic heterocycles. The summed E-state index contributed by atoms with van der Waals surface area (Å²) in [4.78, 5) is 12.4. The summed E-state index contributed by atoms with van der Waals surface area (Å²) in [6, 6.07) is 12.4. The molecule has 0 spiro atoms. The lowest BCUT2D eigenvalue weighted by Crippen LogP contribution is -2.17. The second kappa shape index (κ2) is 6.13. The van der Waals surface area contributed by atoms with Crippen LogP contribution in [0.4, 0.5) is 17.1 Å². The Hall–Kier alpha value is -2.76. The van der Waals surface area contributed by atoms with Crippen LogP contribution in [0.3, 0.4) is 0 Å². The number of benzene rings is 2. The highest BCUT2D eigenvalue weighted by Crippen LogP contribution is 2.27. The van der Waals surface area contributed by atoms with Gasteiger partial charge in [0.2, 0.25) is 0 Å². The van der Waals surface area contributed by atoms with Crippen molar-refractivity contribution in [2.75, 3.05) is 24.8 Å². The van der Waals surface area contributed by atoms with Crippen molar-refractivity contribution in [2.45, 2.75) is 6.54 Å². The Morgan fingerprint density at radius 1 is 1.24 bits per heavy atom. The largest absolute Gasteiger partial charge is 0.497 e. The SMILES string of the molecule is COc1ccc(N(C)Cc2cccc([N+](=O)[O-])c2N)cc1. The van der Waals surface area contributed by atoms with Gasteiger partial charge in [-0.2, -0.15) is 0 Å². The van der Waals surface area contributed by atoms with E-state index in [1.54, 1.807) is 19.2 Å².